The van der Waals surface area contributed by atoms with Gasteiger partial charge in [-0.25, -0.2) is 0 Å². The Morgan fingerprint density at radius 2 is 0.703 bits per heavy atom. The van der Waals surface area contributed by atoms with Crippen LogP contribution < -0.4 is 0 Å². The zero-order valence-corrected chi connectivity index (χ0v) is 25.4. The molecule has 0 aliphatic heterocycles. The molecular formula is C36H66O. The lowest BCUT2D eigenvalue weighted by Gasteiger charge is -2.11. The van der Waals surface area contributed by atoms with Crippen molar-refractivity contribution < 1.29 is 5.11 Å². The normalized spacial score (nSPS) is 12.3. The Labute approximate surface area is 233 Å². The molecule has 0 saturated heterocycles. The maximum atomic E-state index is 9.42. The van der Waals surface area contributed by atoms with Gasteiger partial charge in [0.05, 0.1) is 0 Å². The number of unbranched alkanes of at least 4 members (excludes halogenated alkanes) is 25. The third-order valence-corrected chi connectivity index (χ3v) is 8.45. The molecule has 0 heterocycles. The van der Waals surface area contributed by atoms with Crippen LogP contribution in [0.2, 0.25) is 0 Å². The summed E-state index contributed by atoms with van der Waals surface area (Å²) in [6.07, 6.45) is 39.0. The van der Waals surface area contributed by atoms with Gasteiger partial charge in [0.25, 0.3) is 0 Å². The lowest BCUT2D eigenvalue weighted by Crippen LogP contribution is -1.93. The van der Waals surface area contributed by atoms with Crippen LogP contribution >= 0.6 is 0 Å². The van der Waals surface area contributed by atoms with Gasteiger partial charge < -0.3 is 5.11 Å². The van der Waals surface area contributed by atoms with E-state index in [1.807, 2.05) is 12.1 Å². The highest BCUT2D eigenvalue weighted by molar-refractivity contribution is 5.27. The Hall–Kier alpha value is -0.980. The van der Waals surface area contributed by atoms with Gasteiger partial charge in [0.2, 0.25) is 0 Å². The summed E-state index contributed by atoms with van der Waals surface area (Å²) in [4.78, 5) is 0. The molecule has 0 aromatic heterocycles. The fourth-order valence-electron chi connectivity index (χ4n) is 5.74. The molecule has 0 amide bonds. The van der Waals surface area contributed by atoms with Gasteiger partial charge in [0.15, 0.2) is 0 Å². The van der Waals surface area contributed by atoms with Crippen molar-refractivity contribution in [2.24, 2.45) is 0 Å². The summed E-state index contributed by atoms with van der Waals surface area (Å²) in [7, 11) is 0. The molecule has 37 heavy (non-hydrogen) atoms. The molecule has 0 bridgehead atoms. The van der Waals surface area contributed by atoms with Gasteiger partial charge in [-0.2, -0.15) is 0 Å². The fraction of sp³-hybridized carbons (Fsp3) is 0.833. The van der Waals surface area contributed by atoms with E-state index in [0.29, 0.717) is 11.7 Å². The van der Waals surface area contributed by atoms with Crippen molar-refractivity contribution >= 4 is 0 Å². The van der Waals surface area contributed by atoms with E-state index in [0.717, 1.165) is 0 Å². The highest BCUT2D eigenvalue weighted by Crippen LogP contribution is 2.24. The number of benzene rings is 1. The highest BCUT2D eigenvalue weighted by Gasteiger charge is 2.05. The van der Waals surface area contributed by atoms with E-state index in [1.165, 1.54) is 179 Å². The summed E-state index contributed by atoms with van der Waals surface area (Å²) in [5, 5.41) is 9.42. The molecule has 0 aliphatic rings. The molecule has 0 aliphatic carbocycles. The van der Waals surface area contributed by atoms with Gasteiger partial charge in [-0.3, -0.25) is 0 Å². The van der Waals surface area contributed by atoms with Gasteiger partial charge in [0, 0.05) is 0 Å². The molecule has 0 fully saturated rings. The predicted molar refractivity (Wildman–Crippen MR) is 167 cm³/mol. The van der Waals surface area contributed by atoms with Crippen molar-refractivity contribution in [1.29, 1.82) is 0 Å². The number of phenolic OH excluding ortho intramolecular Hbond substituents is 1. The topological polar surface area (TPSA) is 20.2 Å². The maximum Gasteiger partial charge on any atom is 0.115 e. The molecule has 1 rings (SSSR count). The van der Waals surface area contributed by atoms with Crippen LogP contribution in [0, 0.1) is 0 Å². The third-order valence-electron chi connectivity index (χ3n) is 8.45. The smallest absolute Gasteiger partial charge is 0.115 e. The van der Waals surface area contributed by atoms with Gasteiger partial charge in [0.1, 0.15) is 5.75 Å². The number of rotatable bonds is 28. The van der Waals surface area contributed by atoms with Crippen LogP contribution in [0.5, 0.6) is 5.75 Å². The van der Waals surface area contributed by atoms with Crippen LogP contribution in [0.15, 0.2) is 24.3 Å². The second-order valence-corrected chi connectivity index (χ2v) is 12.1. The molecule has 1 atom stereocenters. The van der Waals surface area contributed by atoms with Crippen molar-refractivity contribution in [1.82, 2.24) is 0 Å². The lowest BCUT2D eigenvalue weighted by molar-refractivity contribution is 0.474. The monoisotopic (exact) mass is 515 g/mol. The lowest BCUT2D eigenvalue weighted by atomic mass is 9.94. The summed E-state index contributed by atoms with van der Waals surface area (Å²) in [6.45, 7) is 4.61. The SMILES string of the molecule is CCCCCCCCCCCCCCCCCCCCCCCCCCCCC(C)c1ccc(O)cc1. The minimum atomic E-state index is 0.371. The zero-order chi connectivity index (χ0) is 26.7. The number of aromatic hydroxyl groups is 1. The predicted octanol–water partition coefficient (Wildman–Crippen LogP) is 13.0. The van der Waals surface area contributed by atoms with Crippen molar-refractivity contribution in [3.8, 4) is 5.75 Å². The summed E-state index contributed by atoms with van der Waals surface area (Å²) in [5.74, 6) is 0.978. The molecular weight excluding hydrogens is 448 g/mol. The average Bonchev–Trinajstić information content (AvgIpc) is 2.91. The van der Waals surface area contributed by atoms with Crippen LogP contribution in [0.4, 0.5) is 0 Å². The second-order valence-electron chi connectivity index (χ2n) is 12.1. The standard InChI is InChI=1S/C36H66O/c1-3-4-5-6-7-8-9-10-11-12-13-14-15-16-17-18-19-20-21-22-23-24-25-26-27-28-29-34(2)35-30-32-36(37)33-31-35/h30-34,37H,3-29H2,1-2H3. The highest BCUT2D eigenvalue weighted by atomic mass is 16.3. The number of phenols is 1. The zero-order valence-electron chi connectivity index (χ0n) is 25.4. The first-order valence-corrected chi connectivity index (χ1v) is 17.0. The summed E-state index contributed by atoms with van der Waals surface area (Å²) in [5.41, 5.74) is 1.36. The molecule has 0 spiro atoms. The Morgan fingerprint density at radius 1 is 0.432 bits per heavy atom. The number of hydrogen-bond acceptors (Lipinski definition) is 1. The van der Waals surface area contributed by atoms with Crippen molar-refractivity contribution in [2.75, 3.05) is 0 Å². The van der Waals surface area contributed by atoms with Crippen LogP contribution in [0.25, 0.3) is 0 Å². The average molecular weight is 515 g/mol. The largest absolute Gasteiger partial charge is 0.508 e. The van der Waals surface area contributed by atoms with Gasteiger partial charge >= 0.3 is 0 Å². The molecule has 1 aromatic rings. The molecule has 1 nitrogen and oxygen atoms in total. The molecule has 1 N–H and O–H groups in total. The van der Waals surface area contributed by atoms with E-state index in [-0.39, 0.29) is 0 Å². The minimum Gasteiger partial charge on any atom is -0.508 e. The van der Waals surface area contributed by atoms with Crippen LogP contribution in [0.1, 0.15) is 199 Å². The summed E-state index contributed by atoms with van der Waals surface area (Å²) < 4.78 is 0. The minimum absolute atomic E-state index is 0.371. The van der Waals surface area contributed by atoms with E-state index in [4.69, 9.17) is 0 Å². The van der Waals surface area contributed by atoms with Crippen LogP contribution in [-0.4, -0.2) is 5.11 Å². The first-order chi connectivity index (χ1) is 18.2. The first kappa shape index (κ1) is 34.0. The molecule has 1 aromatic carbocycles. The maximum absolute atomic E-state index is 9.42. The first-order valence-electron chi connectivity index (χ1n) is 17.0. The Bertz CT molecular complexity index is 563. The molecule has 1 heteroatoms. The second kappa shape index (κ2) is 26.6. The third kappa shape index (κ3) is 22.7. The quantitative estimate of drug-likeness (QED) is 0.110. The van der Waals surface area contributed by atoms with Gasteiger partial charge in [-0.05, 0) is 30.0 Å². The van der Waals surface area contributed by atoms with Crippen molar-refractivity contribution in [3.63, 3.8) is 0 Å². The van der Waals surface area contributed by atoms with E-state index in [1.54, 1.807) is 0 Å². The summed E-state index contributed by atoms with van der Waals surface area (Å²) in [6, 6.07) is 7.76. The number of hydrogen-bond donors (Lipinski definition) is 1. The van der Waals surface area contributed by atoms with E-state index in [9.17, 15) is 5.11 Å². The van der Waals surface area contributed by atoms with E-state index >= 15 is 0 Å². The van der Waals surface area contributed by atoms with E-state index in [2.05, 4.69) is 26.0 Å². The summed E-state index contributed by atoms with van der Waals surface area (Å²) >= 11 is 0. The fourth-order valence-corrected chi connectivity index (χ4v) is 5.74. The van der Waals surface area contributed by atoms with Crippen LogP contribution in [0.3, 0.4) is 0 Å². The Kier molecular flexibility index (Phi) is 24.5. The van der Waals surface area contributed by atoms with E-state index < -0.39 is 0 Å². The van der Waals surface area contributed by atoms with Gasteiger partial charge in [-0.1, -0.05) is 193 Å². The molecule has 1 unspecified atom stereocenters. The van der Waals surface area contributed by atoms with Crippen molar-refractivity contribution in [3.05, 3.63) is 29.8 Å². The molecule has 0 radical (unpaired) electrons. The Morgan fingerprint density at radius 3 is 1.00 bits per heavy atom. The molecule has 216 valence electrons. The van der Waals surface area contributed by atoms with Crippen molar-refractivity contribution in [2.45, 2.75) is 193 Å². The van der Waals surface area contributed by atoms with Crippen LogP contribution in [-0.2, 0) is 0 Å². The van der Waals surface area contributed by atoms with Gasteiger partial charge in [-0.15, -0.1) is 0 Å². The Balaban J connectivity index is 1.69. The molecule has 0 saturated carbocycles.